The van der Waals surface area contributed by atoms with E-state index in [0.717, 1.165) is 125 Å². The van der Waals surface area contributed by atoms with Crippen molar-refractivity contribution < 1.29 is 111 Å². The standard InChI is InChI=1S/C15H25NO4.C13H21NO4.C11H17NO4.C8H14O3.C7H12O2.C6H11NO.Li.H2O/c1-4-5-9-19-15(18)14(12(2)3)11-20-16-8-6-7-13(16)10-17;1-4-17-13(16)12(10(2)3)9-18-14-7-5-6-11(14)8-15;1-8(2)10(11(14)15)7-16-12-5-3-4-9(12)6-13;1-4-11-8(10)7(5-9)6(2)3;1-4-9-7(8)5-6(2)3;1-7-4-2-3-6(7)5-8;;/h10,13H,4-9,11H2,1-3H3;8,11H,4-7,9H2,1-3H3;6,9H,3-5,7H2,1-2H3,(H,14,15);9H,4-5H2,1-3H3;5H,4H2,1-3H3;5-6H,2-4H2,1H3;;1H2/q;;;;;;+1;/p-1/t13-;11-;9-;;;6-;;/m000..0../s1. The number of ether oxygens (including phenoxy) is 4. The molecule has 4 heterocycles. The van der Waals surface area contributed by atoms with E-state index in [1.807, 2.05) is 55.5 Å². The van der Waals surface area contributed by atoms with Crippen LogP contribution >= 0.6 is 0 Å². The Balaban J connectivity index is -0.000000468. The van der Waals surface area contributed by atoms with Gasteiger partial charge in [0.05, 0.1) is 79.5 Å². The summed E-state index contributed by atoms with van der Waals surface area (Å²) in [7, 11) is 1.99. The fourth-order valence-corrected chi connectivity index (χ4v) is 7.65. The number of nitrogens with zero attached hydrogens (tertiary/aromatic N) is 4. The van der Waals surface area contributed by atoms with Crippen LogP contribution in [0.5, 0.6) is 0 Å². The van der Waals surface area contributed by atoms with Gasteiger partial charge in [0.1, 0.15) is 45.0 Å². The number of aliphatic hydroxyl groups is 1. The van der Waals surface area contributed by atoms with E-state index in [1.165, 1.54) is 12.5 Å². The number of aliphatic hydroxyl groups excluding tert-OH is 1. The zero-order valence-corrected chi connectivity index (χ0v) is 53.4. The predicted molar refractivity (Wildman–Crippen MR) is 312 cm³/mol. The second-order valence-corrected chi connectivity index (χ2v) is 20.4. The number of likely N-dealkylation sites (N-methyl/N-ethyl adjacent to an activating group) is 1. The molecule has 0 amide bonds. The summed E-state index contributed by atoms with van der Waals surface area (Å²) in [5.41, 5.74) is 5.90. The number of likely N-dealkylation sites (tertiary alicyclic amines) is 1. The Morgan fingerprint density at radius 2 is 0.821 bits per heavy atom. The van der Waals surface area contributed by atoms with Crippen LogP contribution in [0, 0.1) is 0 Å². The summed E-state index contributed by atoms with van der Waals surface area (Å²) in [6.07, 6.45) is 14.4. The number of carbonyl (C=O) groups is 9. The molecule has 0 radical (unpaired) electrons. The first-order valence-corrected chi connectivity index (χ1v) is 28.4. The van der Waals surface area contributed by atoms with Gasteiger partial charge in [-0.2, -0.15) is 15.2 Å². The molecule has 3 N–H and O–H groups in total. The maximum atomic E-state index is 12.0. The van der Waals surface area contributed by atoms with Crippen LogP contribution in [0.2, 0.25) is 0 Å². The Morgan fingerprint density at radius 3 is 1.10 bits per heavy atom. The van der Waals surface area contributed by atoms with Gasteiger partial charge in [0.25, 0.3) is 0 Å². The molecule has 0 aromatic carbocycles. The van der Waals surface area contributed by atoms with Crippen LogP contribution in [0.1, 0.15) is 161 Å². The van der Waals surface area contributed by atoms with Crippen LogP contribution in [0.15, 0.2) is 56.2 Å². The second-order valence-electron chi connectivity index (χ2n) is 20.4. The minimum atomic E-state index is -0.971. The smallest absolute Gasteiger partial charge is 0.870 e. The average molecular weight is 1190 g/mol. The van der Waals surface area contributed by atoms with Gasteiger partial charge in [0, 0.05) is 25.7 Å². The van der Waals surface area contributed by atoms with Crippen LogP contribution in [0.25, 0.3) is 0 Å². The van der Waals surface area contributed by atoms with E-state index < -0.39 is 11.9 Å². The Labute approximate surface area is 511 Å². The van der Waals surface area contributed by atoms with Crippen molar-refractivity contribution in [3.63, 3.8) is 0 Å². The number of hydrogen-bond donors (Lipinski definition) is 2. The van der Waals surface area contributed by atoms with Crippen LogP contribution in [-0.2, 0) is 76.6 Å². The molecule has 4 saturated heterocycles. The van der Waals surface area contributed by atoms with E-state index in [1.54, 1.807) is 63.7 Å². The number of allylic oxidation sites excluding steroid dienone is 5. The Bertz CT molecular complexity index is 2120. The minimum absolute atomic E-state index is 0. The van der Waals surface area contributed by atoms with Gasteiger partial charge in [0.2, 0.25) is 0 Å². The van der Waals surface area contributed by atoms with Crippen molar-refractivity contribution in [1.29, 1.82) is 0 Å². The first kappa shape index (κ1) is 85.4. The first-order valence-electron chi connectivity index (χ1n) is 28.4. The summed E-state index contributed by atoms with van der Waals surface area (Å²) in [5, 5.41) is 22.5. The number of aldehydes is 4. The number of unbranched alkanes of at least 4 members (excludes halogenated alkanes) is 1. The van der Waals surface area contributed by atoms with Crippen molar-refractivity contribution in [2.75, 3.05) is 86.1 Å². The second kappa shape index (κ2) is 51.2. The minimum Gasteiger partial charge on any atom is -0.870 e. The van der Waals surface area contributed by atoms with Gasteiger partial charge in [0.15, 0.2) is 0 Å². The monoisotopic (exact) mass is 1190 g/mol. The number of carboxylic acid groups (broad SMARTS) is 1. The van der Waals surface area contributed by atoms with Gasteiger partial charge in [-0.15, -0.1) is 0 Å². The number of hydroxylamine groups is 6. The molecule has 0 spiro atoms. The molecule has 0 aromatic heterocycles. The maximum absolute atomic E-state index is 12.0. The molecule has 0 saturated carbocycles. The normalized spacial score (nSPS) is 17.7. The quantitative estimate of drug-likeness (QED) is 0.0322. The number of rotatable bonds is 25. The van der Waals surface area contributed by atoms with E-state index in [-0.39, 0.29) is 98.4 Å². The third-order valence-electron chi connectivity index (χ3n) is 12.6. The fourth-order valence-electron chi connectivity index (χ4n) is 7.65. The largest absolute Gasteiger partial charge is 1.00 e. The summed E-state index contributed by atoms with van der Waals surface area (Å²) >= 11 is 0. The fraction of sp³-hybridized carbons (Fsp3) is 0.683. The van der Waals surface area contributed by atoms with Gasteiger partial charge >= 0.3 is 48.7 Å². The van der Waals surface area contributed by atoms with Gasteiger partial charge in [-0.05, 0) is 161 Å². The zero-order chi connectivity index (χ0) is 62.7. The molecule has 4 aliphatic heterocycles. The number of aliphatic carboxylic acids is 1. The van der Waals surface area contributed by atoms with E-state index >= 15 is 0 Å². The van der Waals surface area contributed by atoms with Gasteiger partial charge in [-0.3, -0.25) is 19.4 Å². The summed E-state index contributed by atoms with van der Waals surface area (Å²) in [5.74, 6) is -2.31. The molecule has 0 aliphatic carbocycles. The number of carboxylic acids is 1. The Morgan fingerprint density at radius 1 is 0.488 bits per heavy atom. The van der Waals surface area contributed by atoms with Crippen molar-refractivity contribution in [3.05, 3.63) is 56.2 Å². The van der Waals surface area contributed by atoms with Crippen LogP contribution in [0.3, 0.4) is 0 Å². The first-order chi connectivity index (χ1) is 38.9. The Kier molecular flexibility index (Phi) is 52.1. The van der Waals surface area contributed by atoms with Gasteiger partial charge < -0.3 is 53.8 Å². The molecule has 4 fully saturated rings. The molecule has 23 nitrogen and oxygen atoms in total. The Hall–Kier alpha value is -5.03. The van der Waals surface area contributed by atoms with Crippen LogP contribution < -0.4 is 18.9 Å². The SMILES string of the molecule is CC(C)=C(CON1CCC[C@H]1C=O)C(=O)O.CCCCOC(=O)C(CON1CCC[C@H]1C=O)=C(C)C.CCOC(=O)C(CO)=C(C)C.CCOC(=O)C(CON1CCC[C@H]1C=O)=C(C)C.CCOC(=O)C=C(C)C.CN1CCC[C@H]1C=O.[Li+].[OH-]. The molecule has 0 unspecified atom stereocenters. The van der Waals surface area contributed by atoms with Crippen molar-refractivity contribution in [3.8, 4) is 0 Å². The van der Waals surface area contributed by atoms with Crippen molar-refractivity contribution in [2.45, 2.75) is 185 Å². The molecule has 4 atom stereocenters. The third-order valence-corrected chi connectivity index (χ3v) is 12.6. The maximum Gasteiger partial charge on any atom is 1.00 e. The van der Waals surface area contributed by atoms with Crippen LogP contribution in [0.4, 0.5) is 0 Å². The number of esters is 4. The van der Waals surface area contributed by atoms with Crippen molar-refractivity contribution in [2.24, 2.45) is 0 Å². The van der Waals surface area contributed by atoms with Gasteiger partial charge in [-0.1, -0.05) is 41.2 Å². The van der Waals surface area contributed by atoms with E-state index in [9.17, 15) is 43.2 Å². The van der Waals surface area contributed by atoms with Crippen molar-refractivity contribution in [1.82, 2.24) is 20.1 Å². The molecule has 4 rings (SSSR count). The van der Waals surface area contributed by atoms with E-state index in [2.05, 4.69) is 9.64 Å². The number of carbonyl (C=O) groups excluding carboxylic acids is 8. The molecule has 4 aliphatic rings. The van der Waals surface area contributed by atoms with Crippen LogP contribution in [-0.4, -0.2) is 201 Å². The number of hydrogen-bond acceptors (Lipinski definition) is 22. The molecular formula is C60H101LiN4O19. The summed E-state index contributed by atoms with van der Waals surface area (Å²) in [4.78, 5) is 117. The molecule has 24 heteroatoms. The molecule has 0 bridgehead atoms. The third kappa shape index (κ3) is 36.7. The average Bonchev–Trinajstić information content (AvgIpc) is 4.26. The molecule has 0 aromatic rings. The van der Waals surface area contributed by atoms with Gasteiger partial charge in [-0.25, -0.2) is 24.0 Å². The molecular weight excluding hydrogens is 1090 g/mol. The summed E-state index contributed by atoms with van der Waals surface area (Å²) < 4.78 is 19.5. The zero-order valence-electron chi connectivity index (χ0n) is 53.4. The molecule has 476 valence electrons. The molecule has 84 heavy (non-hydrogen) atoms. The van der Waals surface area contributed by atoms with Crippen molar-refractivity contribution >= 4 is 55.0 Å². The summed E-state index contributed by atoms with van der Waals surface area (Å²) in [6.45, 7) is 30.3. The predicted octanol–water partition coefficient (Wildman–Crippen LogP) is 4.24. The van der Waals surface area contributed by atoms with E-state index in [4.69, 9.17) is 38.9 Å². The topological polar surface area (TPSA) is 302 Å². The van der Waals surface area contributed by atoms with E-state index in [0.29, 0.717) is 55.3 Å². The summed E-state index contributed by atoms with van der Waals surface area (Å²) in [6, 6.07) is -0.391.